The molecule has 0 radical (unpaired) electrons. The number of hydrogen-bond acceptors (Lipinski definition) is 3. The van der Waals surface area contributed by atoms with Crippen molar-refractivity contribution in [2.45, 2.75) is 13.3 Å². The second kappa shape index (κ2) is 8.88. The van der Waals surface area contributed by atoms with Gasteiger partial charge in [-0.15, -0.1) is 11.8 Å². The number of thioether (sulfide) groups is 1. The second-order valence-corrected chi connectivity index (χ2v) is 2.80. The largest absolute Gasteiger partial charge is 1.00 e. The number of hydrogen-bond donors (Lipinski definition) is 0. The zero-order valence-corrected chi connectivity index (χ0v) is 9.90. The zero-order valence-electron chi connectivity index (χ0n) is 5.14. The summed E-state index contributed by atoms with van der Waals surface area (Å²) in [5.41, 5.74) is 0. The minimum Gasteiger partial charge on any atom is -0.860 e. The van der Waals surface area contributed by atoms with Crippen LogP contribution < -0.4 is 56.5 Å². The fraction of sp³-hybridized carbons (Fsp3) is 0.750. The molecule has 0 spiro atoms. The van der Waals surface area contributed by atoms with Gasteiger partial charge in [0, 0.05) is 0 Å². The topological polar surface area (TPSA) is 23.1 Å². The summed E-state index contributed by atoms with van der Waals surface area (Å²) in [7, 11) is 0. The summed E-state index contributed by atoms with van der Waals surface area (Å²) in [5.74, 6) is 0.863. The van der Waals surface area contributed by atoms with Crippen LogP contribution in [0.2, 0.25) is 0 Å². The molecule has 0 saturated carbocycles. The van der Waals surface area contributed by atoms with E-state index in [0.717, 1.165) is 12.2 Å². The van der Waals surface area contributed by atoms with Crippen LogP contribution in [0.25, 0.3) is 0 Å². The Morgan fingerprint density at radius 1 is 1.75 bits per heavy atom. The second-order valence-electron chi connectivity index (χ2n) is 1.10. The molecule has 0 aromatic rings. The van der Waals surface area contributed by atoms with Crippen molar-refractivity contribution in [1.29, 1.82) is 0 Å². The van der Waals surface area contributed by atoms with Crippen molar-refractivity contribution in [2.75, 3.05) is 5.75 Å². The van der Waals surface area contributed by atoms with Gasteiger partial charge >= 0.3 is 51.4 Å². The van der Waals surface area contributed by atoms with Crippen molar-refractivity contribution in [2.24, 2.45) is 0 Å². The normalized spacial score (nSPS) is 7.62. The average Bonchev–Trinajstić information content (AvgIpc) is 1.61. The van der Waals surface area contributed by atoms with E-state index in [9.17, 15) is 5.11 Å². The zero-order chi connectivity index (χ0) is 5.70. The van der Waals surface area contributed by atoms with Gasteiger partial charge in [-0.05, 0) is 16.6 Å². The summed E-state index contributed by atoms with van der Waals surface area (Å²) in [4.78, 5) is 0. The van der Waals surface area contributed by atoms with Crippen molar-refractivity contribution in [3.8, 4) is 0 Å². The molecule has 0 bridgehead atoms. The third-order valence-corrected chi connectivity index (χ3v) is 1.63. The number of thiocarbonyl (C=S) groups is 1. The average molecular weight is 174 g/mol. The SMILES string of the molecule is CCCSC([O-])=S.[K+]. The molecule has 0 aromatic carbocycles. The van der Waals surface area contributed by atoms with Crippen LogP contribution in [-0.2, 0) is 0 Å². The summed E-state index contributed by atoms with van der Waals surface area (Å²) in [6.45, 7) is 2.02. The Morgan fingerprint density at radius 3 is 2.38 bits per heavy atom. The molecule has 0 unspecified atom stereocenters. The van der Waals surface area contributed by atoms with Gasteiger partial charge in [-0.2, -0.15) is 0 Å². The van der Waals surface area contributed by atoms with Crippen molar-refractivity contribution < 1.29 is 56.5 Å². The smallest absolute Gasteiger partial charge is 0.860 e. The molecule has 0 aliphatic heterocycles. The molecular weight excluding hydrogens is 167 g/mol. The quantitative estimate of drug-likeness (QED) is 0.350. The number of rotatable bonds is 2. The van der Waals surface area contributed by atoms with Crippen molar-refractivity contribution in [1.82, 2.24) is 0 Å². The first-order valence-corrected chi connectivity index (χ1v) is 3.50. The third kappa shape index (κ3) is 10.8. The van der Waals surface area contributed by atoms with E-state index in [2.05, 4.69) is 12.2 Å². The molecule has 0 amide bonds. The first-order chi connectivity index (χ1) is 3.27. The summed E-state index contributed by atoms with van der Waals surface area (Å²) in [6.07, 6.45) is 1.02. The first-order valence-electron chi connectivity index (χ1n) is 2.11. The molecule has 8 heavy (non-hydrogen) atoms. The van der Waals surface area contributed by atoms with Crippen molar-refractivity contribution in [3.63, 3.8) is 0 Å². The van der Waals surface area contributed by atoms with Crippen LogP contribution in [0.1, 0.15) is 13.3 Å². The Labute approximate surface area is 102 Å². The van der Waals surface area contributed by atoms with E-state index >= 15 is 0 Å². The van der Waals surface area contributed by atoms with Gasteiger partial charge in [0.15, 0.2) is 0 Å². The van der Waals surface area contributed by atoms with Gasteiger partial charge in [-0.25, -0.2) is 0 Å². The molecule has 0 aromatic heterocycles. The van der Waals surface area contributed by atoms with Crippen LogP contribution in [0.5, 0.6) is 0 Å². The Bertz CT molecular complexity index is 67.1. The molecule has 0 N–H and O–H groups in total. The molecule has 0 heterocycles. The summed E-state index contributed by atoms with van der Waals surface area (Å²) in [6, 6.07) is 0. The van der Waals surface area contributed by atoms with E-state index in [4.69, 9.17) is 0 Å². The molecule has 0 saturated heterocycles. The molecule has 0 rings (SSSR count). The molecule has 0 fully saturated rings. The van der Waals surface area contributed by atoms with Crippen LogP contribution in [0.4, 0.5) is 0 Å². The van der Waals surface area contributed by atoms with Crippen LogP contribution >= 0.6 is 24.0 Å². The first kappa shape index (κ1) is 12.5. The molecule has 42 valence electrons. The maximum absolute atomic E-state index is 9.98. The fourth-order valence-corrected chi connectivity index (χ4v) is 0.806. The van der Waals surface area contributed by atoms with Gasteiger partial charge in [0.2, 0.25) is 0 Å². The summed E-state index contributed by atoms with van der Waals surface area (Å²) >= 11 is 5.48. The minimum absolute atomic E-state index is 0. The minimum atomic E-state index is -0.193. The van der Waals surface area contributed by atoms with Gasteiger partial charge in [-0.1, -0.05) is 19.1 Å². The van der Waals surface area contributed by atoms with Crippen molar-refractivity contribution >= 4 is 28.4 Å². The Hall–Kier alpha value is 1.88. The predicted octanol–water partition coefficient (Wildman–Crippen LogP) is -2.22. The molecule has 0 aliphatic rings. The van der Waals surface area contributed by atoms with Crippen molar-refractivity contribution in [3.05, 3.63) is 0 Å². The molecule has 4 heteroatoms. The van der Waals surface area contributed by atoms with Gasteiger partial charge in [-0.3, -0.25) is 0 Å². The third-order valence-electron chi connectivity index (χ3n) is 0.424. The van der Waals surface area contributed by atoms with E-state index in [1.807, 2.05) is 6.92 Å². The molecule has 1 nitrogen and oxygen atoms in total. The van der Waals surface area contributed by atoms with Crippen LogP contribution in [0, 0.1) is 0 Å². The summed E-state index contributed by atoms with van der Waals surface area (Å²) < 4.78 is -0.193. The van der Waals surface area contributed by atoms with Gasteiger partial charge in [0.25, 0.3) is 0 Å². The van der Waals surface area contributed by atoms with Gasteiger partial charge in [0.05, 0.1) is 0 Å². The van der Waals surface area contributed by atoms with E-state index in [1.54, 1.807) is 0 Å². The molecular formula is C4H7KOS2. The molecule has 0 aliphatic carbocycles. The van der Waals surface area contributed by atoms with Gasteiger partial charge < -0.3 is 5.11 Å². The Kier molecular flexibility index (Phi) is 13.9. The van der Waals surface area contributed by atoms with Crippen LogP contribution in [0.15, 0.2) is 0 Å². The monoisotopic (exact) mass is 174 g/mol. The predicted molar refractivity (Wildman–Crippen MR) is 35.3 cm³/mol. The van der Waals surface area contributed by atoms with E-state index in [0.29, 0.717) is 0 Å². The van der Waals surface area contributed by atoms with E-state index < -0.39 is 0 Å². The fourth-order valence-electron chi connectivity index (χ4n) is 0.185. The van der Waals surface area contributed by atoms with Gasteiger partial charge in [0.1, 0.15) is 0 Å². The van der Waals surface area contributed by atoms with E-state index in [-0.39, 0.29) is 55.8 Å². The summed E-state index contributed by atoms with van der Waals surface area (Å²) in [5, 5.41) is 9.98. The standard InChI is InChI=1S/C4H8OS2.K/c1-2-3-7-4(5)6;/h2-3H2,1H3,(H,5,6);/q;+1/p-1. The molecule has 0 atom stereocenters. The van der Waals surface area contributed by atoms with E-state index in [1.165, 1.54) is 11.8 Å². The van der Waals surface area contributed by atoms with Crippen LogP contribution in [0.3, 0.4) is 0 Å². The Balaban J connectivity index is 0. The Morgan fingerprint density at radius 2 is 2.25 bits per heavy atom. The maximum Gasteiger partial charge on any atom is 1.00 e. The van der Waals surface area contributed by atoms with Crippen LogP contribution in [-0.4, -0.2) is 10.1 Å². The maximum atomic E-state index is 9.98.